The molecule has 5 heterocycles. The fourth-order valence-corrected chi connectivity index (χ4v) is 6.81. The molecule has 0 saturated carbocycles. The van der Waals surface area contributed by atoms with Crippen LogP contribution in [0.25, 0.3) is 22.2 Å². The van der Waals surface area contributed by atoms with E-state index >= 15 is 0 Å². The molecule has 0 aliphatic carbocycles. The first-order valence-electron chi connectivity index (χ1n) is 16.8. The molecule has 0 bridgehead atoms. The number of rotatable bonds is 12. The number of nitrogens with zero attached hydrogens (tertiary/aromatic N) is 6. The van der Waals surface area contributed by atoms with Crippen LogP contribution in [0.3, 0.4) is 0 Å². The molecule has 0 radical (unpaired) electrons. The average Bonchev–Trinajstić information content (AvgIpc) is 3.40. The van der Waals surface area contributed by atoms with Crippen molar-refractivity contribution in [2.45, 2.75) is 103 Å². The van der Waals surface area contributed by atoms with Crippen LogP contribution in [0.4, 0.5) is 10.5 Å². The molecule has 1 unspecified atom stereocenters. The van der Waals surface area contributed by atoms with Crippen LogP contribution in [-0.2, 0) is 25.7 Å². The van der Waals surface area contributed by atoms with Crippen molar-refractivity contribution in [3.8, 4) is 11.1 Å². The van der Waals surface area contributed by atoms with Crippen molar-refractivity contribution in [2.75, 3.05) is 44.4 Å². The smallest absolute Gasteiger partial charge is 0.410 e. The average molecular weight is 653 g/mol. The quantitative estimate of drug-likeness (QED) is 0.159. The summed E-state index contributed by atoms with van der Waals surface area (Å²) in [7, 11) is -1.21. The van der Waals surface area contributed by atoms with Gasteiger partial charge in [-0.05, 0) is 65.0 Å². The molecule has 12 heteroatoms. The van der Waals surface area contributed by atoms with Crippen LogP contribution in [-0.4, -0.2) is 96.0 Å². The van der Waals surface area contributed by atoms with Gasteiger partial charge in [-0.15, -0.1) is 0 Å². The maximum absolute atomic E-state index is 13.6. The number of amides is 1. The molecule has 2 fully saturated rings. The summed E-state index contributed by atoms with van der Waals surface area (Å²) in [5.74, 6) is 0. The molecule has 0 aromatic carbocycles. The minimum absolute atomic E-state index is 0.0434. The number of anilines is 1. The second kappa shape index (κ2) is 15.2. The molecule has 252 valence electrons. The van der Waals surface area contributed by atoms with Crippen LogP contribution in [0.2, 0.25) is 25.7 Å². The Hall–Kier alpha value is -3.06. The molecule has 2 atom stereocenters. The fourth-order valence-electron chi connectivity index (χ4n) is 6.06. The Morgan fingerprint density at radius 2 is 1.91 bits per heavy atom. The molecule has 1 amide bonds. The van der Waals surface area contributed by atoms with Gasteiger partial charge in [0.25, 0.3) is 0 Å². The number of pyridine rings is 1. The van der Waals surface area contributed by atoms with E-state index < -0.39 is 13.7 Å². The normalized spacial score (nSPS) is 19.4. The first-order chi connectivity index (χ1) is 22.0. The Morgan fingerprint density at radius 1 is 1.11 bits per heavy atom. The van der Waals surface area contributed by atoms with Crippen LogP contribution in [0.5, 0.6) is 0 Å². The van der Waals surface area contributed by atoms with E-state index in [0.29, 0.717) is 26.4 Å². The Kier molecular flexibility index (Phi) is 11.3. The van der Waals surface area contributed by atoms with Crippen LogP contribution < -0.4 is 4.90 Å². The van der Waals surface area contributed by atoms with Gasteiger partial charge < -0.3 is 33.3 Å². The van der Waals surface area contributed by atoms with Crippen molar-refractivity contribution in [2.24, 2.45) is 0 Å². The first-order valence-corrected chi connectivity index (χ1v) is 20.5. The summed E-state index contributed by atoms with van der Waals surface area (Å²) in [5, 5.41) is 1.04. The molecule has 5 rings (SSSR count). The second-order valence-electron chi connectivity index (χ2n) is 14.6. The molecule has 2 aliphatic rings. The second-order valence-corrected chi connectivity index (χ2v) is 20.2. The van der Waals surface area contributed by atoms with Crippen molar-refractivity contribution in [3.63, 3.8) is 0 Å². The zero-order valence-electron chi connectivity index (χ0n) is 28.5. The van der Waals surface area contributed by atoms with Gasteiger partial charge in [0, 0.05) is 76.8 Å². The SMILES string of the molecule is CC(C)(C)OC(=O)N(CCOC1CCCCO1)[C@H]1CCCN(c2ccnc3c2c(-c2cncnc2)cn3COCC[Si](C)(C)C)C1. The van der Waals surface area contributed by atoms with E-state index in [2.05, 4.69) is 51.3 Å². The highest BCUT2D eigenvalue weighted by Crippen LogP contribution is 2.37. The highest BCUT2D eigenvalue weighted by molar-refractivity contribution is 6.76. The summed E-state index contributed by atoms with van der Waals surface area (Å²) >= 11 is 0. The number of piperidine rings is 1. The molecule has 2 saturated heterocycles. The van der Waals surface area contributed by atoms with Crippen molar-refractivity contribution >= 4 is 30.9 Å². The molecule has 11 nitrogen and oxygen atoms in total. The number of hydrogen-bond donors (Lipinski definition) is 0. The van der Waals surface area contributed by atoms with Gasteiger partial charge in [-0.25, -0.2) is 19.7 Å². The molecule has 0 N–H and O–H groups in total. The van der Waals surface area contributed by atoms with E-state index in [0.717, 1.165) is 85.8 Å². The van der Waals surface area contributed by atoms with Gasteiger partial charge >= 0.3 is 6.09 Å². The largest absolute Gasteiger partial charge is 0.444 e. The standard InChI is InChI=1S/C34H52N6O5Si/c1-34(2,3)45-33(41)40(15-17-44-30-11-7-8-16-43-30)27-10-9-14-38(22-27)29-12-13-37-32-31(29)28(26-20-35-24-36-21-26)23-39(32)25-42-18-19-46(4,5)6/h12-13,20-21,23-24,27,30H,7-11,14-19,22,25H2,1-6H3/t27-,30?/m0/s1. The predicted octanol–water partition coefficient (Wildman–Crippen LogP) is 6.55. The predicted molar refractivity (Wildman–Crippen MR) is 183 cm³/mol. The Labute approximate surface area is 274 Å². The van der Waals surface area contributed by atoms with E-state index in [1.165, 1.54) is 0 Å². The molecule has 0 spiro atoms. The maximum Gasteiger partial charge on any atom is 0.410 e. The minimum Gasteiger partial charge on any atom is -0.444 e. The molecular weight excluding hydrogens is 600 g/mol. The zero-order chi connectivity index (χ0) is 32.7. The van der Waals surface area contributed by atoms with Crippen LogP contribution in [0.1, 0.15) is 52.9 Å². The van der Waals surface area contributed by atoms with Crippen molar-refractivity contribution in [1.29, 1.82) is 0 Å². The van der Waals surface area contributed by atoms with Gasteiger partial charge in [0.15, 0.2) is 6.29 Å². The number of hydrogen-bond acceptors (Lipinski definition) is 9. The van der Waals surface area contributed by atoms with E-state index in [-0.39, 0.29) is 18.4 Å². The van der Waals surface area contributed by atoms with E-state index in [1.807, 2.05) is 44.3 Å². The molecular formula is C34H52N6O5Si. The number of aromatic nitrogens is 4. The van der Waals surface area contributed by atoms with Crippen molar-refractivity contribution in [1.82, 2.24) is 24.4 Å². The third kappa shape index (κ3) is 9.27. The van der Waals surface area contributed by atoms with E-state index in [4.69, 9.17) is 23.9 Å². The molecule has 2 aliphatic heterocycles. The summed E-state index contributed by atoms with van der Waals surface area (Å²) in [4.78, 5) is 31.3. The molecule has 3 aromatic rings. The van der Waals surface area contributed by atoms with Gasteiger partial charge in [-0.1, -0.05) is 19.6 Å². The zero-order valence-corrected chi connectivity index (χ0v) is 29.5. The third-order valence-corrected chi connectivity index (χ3v) is 10.1. The lowest BCUT2D eigenvalue weighted by Gasteiger charge is -2.41. The Balaban J connectivity index is 1.40. The highest BCUT2D eigenvalue weighted by atomic mass is 28.3. The van der Waals surface area contributed by atoms with Crippen LogP contribution in [0.15, 0.2) is 37.2 Å². The summed E-state index contributed by atoms with van der Waals surface area (Å²) in [6.45, 7) is 17.0. The maximum atomic E-state index is 13.6. The highest BCUT2D eigenvalue weighted by Gasteiger charge is 2.33. The van der Waals surface area contributed by atoms with Crippen LogP contribution >= 0.6 is 0 Å². The van der Waals surface area contributed by atoms with Gasteiger partial charge in [0.1, 0.15) is 24.3 Å². The molecule has 46 heavy (non-hydrogen) atoms. The Morgan fingerprint density at radius 3 is 2.63 bits per heavy atom. The van der Waals surface area contributed by atoms with Gasteiger partial charge in [0.05, 0.1) is 23.7 Å². The topological polar surface area (TPSA) is 104 Å². The third-order valence-electron chi connectivity index (χ3n) is 8.41. The van der Waals surface area contributed by atoms with E-state index in [9.17, 15) is 4.79 Å². The Bertz CT molecular complexity index is 1420. The van der Waals surface area contributed by atoms with Crippen molar-refractivity contribution in [3.05, 3.63) is 37.2 Å². The summed E-state index contributed by atoms with van der Waals surface area (Å²) in [6, 6.07) is 3.14. The number of ether oxygens (including phenoxy) is 4. The molecule has 3 aromatic heterocycles. The summed E-state index contributed by atoms with van der Waals surface area (Å²) in [5.41, 5.74) is 3.27. The van der Waals surface area contributed by atoms with E-state index in [1.54, 1.807) is 6.33 Å². The summed E-state index contributed by atoms with van der Waals surface area (Å²) in [6.07, 6.45) is 13.6. The number of carbonyl (C=O) groups excluding carboxylic acids is 1. The lowest BCUT2D eigenvalue weighted by molar-refractivity contribution is -0.164. The first kappa shape index (κ1) is 34.3. The van der Waals surface area contributed by atoms with Crippen molar-refractivity contribution < 1.29 is 23.7 Å². The summed E-state index contributed by atoms with van der Waals surface area (Å²) < 4.78 is 26.0. The van der Waals surface area contributed by atoms with Gasteiger partial charge in [-0.3, -0.25) is 0 Å². The van der Waals surface area contributed by atoms with Crippen LogP contribution in [0, 0.1) is 0 Å². The van der Waals surface area contributed by atoms with Gasteiger partial charge in [-0.2, -0.15) is 0 Å². The number of carbonyl (C=O) groups is 1. The number of fused-ring (bicyclic) bond motifs is 1. The monoisotopic (exact) mass is 652 g/mol. The minimum atomic E-state index is -1.21. The van der Waals surface area contributed by atoms with Gasteiger partial charge in [0.2, 0.25) is 0 Å². The lowest BCUT2D eigenvalue weighted by Crippen LogP contribution is -2.52. The lowest BCUT2D eigenvalue weighted by atomic mass is 10.0. The fraction of sp³-hybridized carbons (Fsp3) is 0.647.